The highest BCUT2D eigenvalue weighted by molar-refractivity contribution is 6.10. The van der Waals surface area contributed by atoms with Crippen molar-refractivity contribution in [3.8, 4) is 11.1 Å². The number of rotatable bonds is 5. The second-order valence-electron chi connectivity index (χ2n) is 7.40. The summed E-state index contributed by atoms with van der Waals surface area (Å²) >= 11 is 0. The van der Waals surface area contributed by atoms with E-state index in [9.17, 15) is 4.79 Å². The summed E-state index contributed by atoms with van der Waals surface area (Å²) in [6.07, 6.45) is 0. The molecule has 0 fully saturated rings. The van der Waals surface area contributed by atoms with Gasteiger partial charge in [0.2, 0.25) is 0 Å². The second kappa shape index (κ2) is 9.04. The van der Waals surface area contributed by atoms with Crippen LogP contribution >= 0.6 is 12.4 Å². The van der Waals surface area contributed by atoms with Gasteiger partial charge >= 0.3 is 0 Å². The van der Waals surface area contributed by atoms with E-state index in [1.54, 1.807) is 0 Å². The number of carbonyl (C=O) groups excluding carboxylic acids is 1. The lowest BCUT2D eigenvalue weighted by molar-refractivity contribution is 0.103. The van der Waals surface area contributed by atoms with Crippen molar-refractivity contribution in [2.24, 2.45) is 0 Å². The van der Waals surface area contributed by atoms with E-state index in [-0.39, 0.29) is 18.2 Å². The zero-order chi connectivity index (χ0) is 19.5. The molecule has 0 radical (unpaired) electrons. The molecule has 0 saturated heterocycles. The summed E-state index contributed by atoms with van der Waals surface area (Å²) in [7, 11) is 4.14. The van der Waals surface area contributed by atoms with Crippen molar-refractivity contribution in [3.63, 3.8) is 0 Å². The van der Waals surface area contributed by atoms with E-state index in [4.69, 9.17) is 0 Å². The van der Waals surface area contributed by atoms with Crippen LogP contribution in [0.3, 0.4) is 0 Å². The number of ketones is 1. The van der Waals surface area contributed by atoms with Gasteiger partial charge in [-0.05, 0) is 47.6 Å². The third-order valence-electron chi connectivity index (χ3n) is 4.94. The van der Waals surface area contributed by atoms with Crippen molar-refractivity contribution < 1.29 is 4.79 Å². The van der Waals surface area contributed by atoms with Crippen LogP contribution in [-0.2, 0) is 6.54 Å². The van der Waals surface area contributed by atoms with Crippen molar-refractivity contribution in [3.05, 3.63) is 108 Å². The average Bonchev–Trinajstić information content (AvgIpc) is 2.73. The lowest BCUT2D eigenvalue weighted by Crippen LogP contribution is -2.10. The molecular formula is C26H24ClNO. The summed E-state index contributed by atoms with van der Waals surface area (Å²) in [6, 6.07) is 30.4. The summed E-state index contributed by atoms with van der Waals surface area (Å²) in [5.41, 5.74) is 5.00. The quantitative estimate of drug-likeness (QED) is 0.370. The van der Waals surface area contributed by atoms with Gasteiger partial charge in [-0.25, -0.2) is 0 Å². The Hall–Kier alpha value is -2.94. The molecule has 146 valence electrons. The van der Waals surface area contributed by atoms with Crippen LogP contribution in [0.5, 0.6) is 0 Å². The Kier molecular flexibility index (Phi) is 6.48. The minimum atomic E-state index is 0. The van der Waals surface area contributed by atoms with E-state index in [0.717, 1.165) is 34.0 Å². The maximum atomic E-state index is 12.9. The molecule has 0 saturated carbocycles. The fourth-order valence-corrected chi connectivity index (χ4v) is 3.48. The van der Waals surface area contributed by atoms with E-state index >= 15 is 0 Å². The Morgan fingerprint density at radius 3 is 1.86 bits per heavy atom. The fourth-order valence-electron chi connectivity index (χ4n) is 3.48. The van der Waals surface area contributed by atoms with E-state index < -0.39 is 0 Å². The number of fused-ring (bicyclic) bond motifs is 1. The molecule has 0 unspecified atom stereocenters. The Morgan fingerprint density at radius 2 is 1.24 bits per heavy atom. The van der Waals surface area contributed by atoms with Crippen LogP contribution in [0, 0.1) is 0 Å². The molecule has 3 heteroatoms. The summed E-state index contributed by atoms with van der Waals surface area (Å²) in [6.45, 7) is 0.930. The zero-order valence-corrected chi connectivity index (χ0v) is 17.4. The van der Waals surface area contributed by atoms with Crippen LogP contribution in [0.1, 0.15) is 21.5 Å². The van der Waals surface area contributed by atoms with Gasteiger partial charge in [0.1, 0.15) is 0 Å². The number of nitrogens with zero attached hydrogens (tertiary/aromatic N) is 1. The molecule has 0 heterocycles. The fraction of sp³-hybridized carbons (Fsp3) is 0.115. The van der Waals surface area contributed by atoms with Crippen molar-refractivity contribution in [1.29, 1.82) is 0 Å². The highest BCUT2D eigenvalue weighted by Crippen LogP contribution is 2.23. The van der Waals surface area contributed by atoms with Crippen molar-refractivity contribution in [2.45, 2.75) is 6.54 Å². The lowest BCUT2D eigenvalue weighted by Gasteiger charge is -2.10. The highest BCUT2D eigenvalue weighted by Gasteiger charge is 2.10. The number of hydrogen-bond donors (Lipinski definition) is 0. The van der Waals surface area contributed by atoms with Gasteiger partial charge in [0.25, 0.3) is 0 Å². The Balaban J connectivity index is 0.00000240. The predicted molar refractivity (Wildman–Crippen MR) is 124 cm³/mol. The van der Waals surface area contributed by atoms with Crippen LogP contribution in [0.25, 0.3) is 21.9 Å². The molecule has 4 aromatic carbocycles. The molecule has 29 heavy (non-hydrogen) atoms. The summed E-state index contributed by atoms with van der Waals surface area (Å²) in [4.78, 5) is 15.0. The first-order chi connectivity index (χ1) is 13.6. The first kappa shape index (κ1) is 20.8. The number of benzene rings is 4. The van der Waals surface area contributed by atoms with Gasteiger partial charge in [0.15, 0.2) is 5.78 Å². The van der Waals surface area contributed by atoms with Crippen molar-refractivity contribution >= 4 is 29.0 Å². The molecular weight excluding hydrogens is 378 g/mol. The lowest BCUT2D eigenvalue weighted by atomic mass is 9.97. The normalized spacial score (nSPS) is 10.7. The number of halogens is 1. The van der Waals surface area contributed by atoms with Crippen LogP contribution < -0.4 is 0 Å². The first-order valence-electron chi connectivity index (χ1n) is 9.48. The number of hydrogen-bond acceptors (Lipinski definition) is 2. The maximum absolute atomic E-state index is 12.9. The molecule has 4 rings (SSSR count). The summed E-state index contributed by atoms with van der Waals surface area (Å²) < 4.78 is 0. The zero-order valence-electron chi connectivity index (χ0n) is 16.6. The van der Waals surface area contributed by atoms with Crippen LogP contribution in [0.2, 0.25) is 0 Å². The SMILES string of the molecule is CN(C)Cc1ccc(-c2ccc(C(=O)c3ccc4ccccc4c3)cc2)cc1.Cl. The third kappa shape index (κ3) is 4.73. The van der Waals surface area contributed by atoms with Gasteiger partial charge in [0, 0.05) is 17.7 Å². The standard InChI is InChI=1S/C26H23NO.ClH/c1-27(2)18-19-7-9-21(10-8-19)22-11-14-23(15-12-22)26(28)25-16-13-20-5-3-4-6-24(20)17-25;/h3-17H,18H2,1-2H3;1H. The Labute approximate surface area is 178 Å². The van der Waals surface area contributed by atoms with Gasteiger partial charge in [-0.3, -0.25) is 4.79 Å². The average molecular weight is 402 g/mol. The topological polar surface area (TPSA) is 20.3 Å². The van der Waals surface area contributed by atoms with E-state index in [0.29, 0.717) is 5.56 Å². The maximum Gasteiger partial charge on any atom is 0.193 e. The number of carbonyl (C=O) groups is 1. The first-order valence-corrected chi connectivity index (χ1v) is 9.48. The molecule has 0 N–H and O–H groups in total. The van der Waals surface area contributed by atoms with Crippen molar-refractivity contribution in [2.75, 3.05) is 14.1 Å². The molecule has 2 nitrogen and oxygen atoms in total. The van der Waals surface area contributed by atoms with Crippen molar-refractivity contribution in [1.82, 2.24) is 4.90 Å². The molecule has 4 aromatic rings. The molecule has 0 bridgehead atoms. The van der Waals surface area contributed by atoms with Crippen LogP contribution in [0.15, 0.2) is 91.0 Å². The van der Waals surface area contributed by atoms with Gasteiger partial charge in [0.05, 0.1) is 0 Å². The molecule has 0 aliphatic carbocycles. The van der Waals surface area contributed by atoms with E-state index in [1.807, 2.05) is 60.7 Å². The largest absolute Gasteiger partial charge is 0.305 e. The summed E-state index contributed by atoms with van der Waals surface area (Å²) in [5, 5.41) is 2.23. The Morgan fingerprint density at radius 1 is 0.690 bits per heavy atom. The smallest absolute Gasteiger partial charge is 0.193 e. The van der Waals surface area contributed by atoms with Crippen LogP contribution in [0.4, 0.5) is 0 Å². The van der Waals surface area contributed by atoms with Crippen LogP contribution in [-0.4, -0.2) is 24.8 Å². The van der Waals surface area contributed by atoms with E-state index in [2.05, 4.69) is 49.3 Å². The highest BCUT2D eigenvalue weighted by atomic mass is 35.5. The van der Waals surface area contributed by atoms with E-state index in [1.165, 1.54) is 5.56 Å². The minimum Gasteiger partial charge on any atom is -0.305 e. The van der Waals surface area contributed by atoms with Gasteiger partial charge in [-0.2, -0.15) is 0 Å². The minimum absolute atomic E-state index is 0. The van der Waals surface area contributed by atoms with Gasteiger partial charge in [-0.15, -0.1) is 12.4 Å². The molecule has 0 amide bonds. The molecule has 0 atom stereocenters. The Bertz CT molecular complexity index is 1120. The third-order valence-corrected chi connectivity index (χ3v) is 4.94. The molecule has 0 aliphatic rings. The monoisotopic (exact) mass is 401 g/mol. The molecule has 0 aliphatic heterocycles. The van der Waals surface area contributed by atoms with Gasteiger partial charge in [-0.1, -0.05) is 84.9 Å². The molecule has 0 aromatic heterocycles. The summed E-state index contributed by atoms with van der Waals surface area (Å²) in [5.74, 6) is 0.0543. The predicted octanol–water partition coefficient (Wildman–Crippen LogP) is 6.22. The van der Waals surface area contributed by atoms with Gasteiger partial charge < -0.3 is 4.90 Å². The molecule has 0 spiro atoms. The second-order valence-corrected chi connectivity index (χ2v) is 7.40.